The fourth-order valence-electron chi connectivity index (χ4n) is 2.39. The number of benzene rings is 2. The number of hydrogen-bond acceptors (Lipinski definition) is 7. The summed E-state index contributed by atoms with van der Waals surface area (Å²) in [5.74, 6) is 0.972. The van der Waals surface area contributed by atoms with Crippen LogP contribution in [0.5, 0.6) is 5.75 Å². The van der Waals surface area contributed by atoms with Crippen LogP contribution in [0.3, 0.4) is 0 Å². The Morgan fingerprint density at radius 3 is 2.71 bits per heavy atom. The Balaban J connectivity index is 1.41. The Bertz CT molecular complexity index is 1060. The highest BCUT2D eigenvalue weighted by atomic mass is 35.5. The number of hydrazone groups is 1. The van der Waals surface area contributed by atoms with Crippen LogP contribution in [-0.2, 0) is 11.4 Å². The Morgan fingerprint density at radius 1 is 1.23 bits per heavy atom. The number of aromatic nitrogens is 2. The molecule has 0 spiro atoms. The minimum Gasteiger partial charge on any atom is -0.482 e. The number of thioether (sulfide) groups is 1. The van der Waals surface area contributed by atoms with Crippen molar-refractivity contribution in [1.29, 1.82) is 0 Å². The summed E-state index contributed by atoms with van der Waals surface area (Å²) < 4.78 is 11.0. The average molecular weight is 479 g/mol. The molecule has 1 amide bonds. The minimum absolute atomic E-state index is 0.0427. The lowest BCUT2D eigenvalue weighted by molar-refractivity contribution is -0.118. The van der Waals surface area contributed by atoms with Gasteiger partial charge in [-0.05, 0) is 35.2 Å². The van der Waals surface area contributed by atoms with Gasteiger partial charge in [0.15, 0.2) is 6.61 Å². The van der Waals surface area contributed by atoms with E-state index < -0.39 is 0 Å². The van der Waals surface area contributed by atoms with E-state index in [4.69, 9.17) is 32.4 Å². The van der Waals surface area contributed by atoms with Gasteiger partial charge in [0.25, 0.3) is 17.0 Å². The van der Waals surface area contributed by atoms with Gasteiger partial charge in [-0.3, -0.25) is 4.79 Å². The number of carbonyl (C=O) groups excluding carboxylic acids is 1. The van der Waals surface area contributed by atoms with Crippen LogP contribution < -0.4 is 10.2 Å². The molecule has 162 valence electrons. The van der Waals surface area contributed by atoms with Gasteiger partial charge in [0.2, 0.25) is 0 Å². The van der Waals surface area contributed by atoms with Crippen LogP contribution in [0.15, 0.2) is 57.2 Å². The molecule has 1 heterocycles. The molecule has 0 aliphatic rings. The zero-order valence-electron chi connectivity index (χ0n) is 16.8. The van der Waals surface area contributed by atoms with Crippen LogP contribution in [0.2, 0.25) is 10.0 Å². The van der Waals surface area contributed by atoms with E-state index in [0.29, 0.717) is 21.7 Å². The first-order valence-electron chi connectivity index (χ1n) is 9.35. The number of halogens is 2. The summed E-state index contributed by atoms with van der Waals surface area (Å²) in [6.07, 6.45) is 1.59. The number of ether oxygens (including phenoxy) is 1. The van der Waals surface area contributed by atoms with Crippen molar-refractivity contribution in [2.24, 2.45) is 5.10 Å². The van der Waals surface area contributed by atoms with E-state index in [0.717, 1.165) is 17.3 Å². The average Bonchev–Trinajstić information content (AvgIpc) is 3.20. The predicted octanol–water partition coefficient (Wildman–Crippen LogP) is 5.32. The number of hydrogen-bond donors (Lipinski definition) is 1. The van der Waals surface area contributed by atoms with Gasteiger partial charge in [0, 0.05) is 5.02 Å². The van der Waals surface area contributed by atoms with E-state index in [2.05, 4.69) is 34.6 Å². The fraction of sp³-hybridized carbons (Fsp3) is 0.238. The molecular weight excluding hydrogens is 459 g/mol. The molecular formula is C21H20Cl2N4O3S. The molecule has 31 heavy (non-hydrogen) atoms. The van der Waals surface area contributed by atoms with Crippen LogP contribution in [0.4, 0.5) is 0 Å². The lowest BCUT2D eigenvalue weighted by Crippen LogP contribution is -2.19. The monoisotopic (exact) mass is 478 g/mol. The molecule has 0 unspecified atom stereocenters. The molecule has 2 aromatic carbocycles. The minimum atomic E-state index is -0.288. The van der Waals surface area contributed by atoms with Crippen LogP contribution in [0, 0.1) is 0 Å². The highest BCUT2D eigenvalue weighted by Crippen LogP contribution is 2.28. The molecule has 3 rings (SSSR count). The summed E-state index contributed by atoms with van der Waals surface area (Å²) in [4.78, 5) is 11.9. The second-order valence-corrected chi connectivity index (χ2v) is 8.50. The van der Waals surface area contributed by atoms with Crippen molar-refractivity contribution in [1.82, 2.24) is 15.6 Å². The summed E-state index contributed by atoms with van der Waals surface area (Å²) in [6, 6.07) is 12.9. The molecule has 0 atom stereocenters. The number of nitrogens with zero attached hydrogens (tertiary/aromatic N) is 3. The van der Waals surface area contributed by atoms with Gasteiger partial charge in [-0.2, -0.15) is 5.10 Å². The molecule has 3 aromatic rings. The van der Waals surface area contributed by atoms with E-state index in [1.807, 2.05) is 24.3 Å². The van der Waals surface area contributed by atoms with Gasteiger partial charge < -0.3 is 9.15 Å². The van der Waals surface area contributed by atoms with E-state index in [-0.39, 0.29) is 29.4 Å². The third kappa shape index (κ3) is 7.27. The van der Waals surface area contributed by atoms with Gasteiger partial charge in [-0.1, -0.05) is 73.1 Å². The maximum atomic E-state index is 11.9. The Labute approximate surface area is 194 Å². The first-order valence-corrected chi connectivity index (χ1v) is 11.1. The molecule has 0 bridgehead atoms. The third-order valence-electron chi connectivity index (χ3n) is 4.03. The third-order valence-corrected chi connectivity index (χ3v) is 5.38. The normalized spacial score (nSPS) is 11.3. The van der Waals surface area contributed by atoms with Crippen LogP contribution in [0.25, 0.3) is 0 Å². The molecule has 0 saturated carbocycles. The SMILES string of the molecule is CC(C)c1ccc(/C=N\NC(=O)CSc2nnc(COc3ccc(Cl)cc3Cl)o2)cc1. The second-order valence-electron chi connectivity index (χ2n) is 6.73. The number of rotatable bonds is 9. The Kier molecular flexibility index (Phi) is 8.34. The molecule has 1 aromatic heterocycles. The van der Waals surface area contributed by atoms with Gasteiger partial charge in [-0.25, -0.2) is 5.43 Å². The first kappa shape index (κ1) is 23.1. The smallest absolute Gasteiger partial charge is 0.277 e. The zero-order chi connectivity index (χ0) is 22.2. The molecule has 10 heteroatoms. The van der Waals surface area contributed by atoms with E-state index in [1.54, 1.807) is 24.4 Å². The fourth-order valence-corrected chi connectivity index (χ4v) is 3.43. The summed E-state index contributed by atoms with van der Waals surface area (Å²) >= 11 is 13.0. The number of amides is 1. The van der Waals surface area contributed by atoms with Gasteiger partial charge in [0.1, 0.15) is 5.75 Å². The summed E-state index contributed by atoms with van der Waals surface area (Å²) in [5.41, 5.74) is 4.62. The number of nitrogens with one attached hydrogen (secondary N) is 1. The summed E-state index contributed by atoms with van der Waals surface area (Å²) in [6.45, 7) is 4.31. The van der Waals surface area contributed by atoms with Gasteiger partial charge in [0.05, 0.1) is 17.0 Å². The molecule has 0 aliphatic carbocycles. The number of carbonyl (C=O) groups is 1. The van der Waals surface area contributed by atoms with Crippen molar-refractivity contribution in [3.63, 3.8) is 0 Å². The maximum Gasteiger partial charge on any atom is 0.277 e. The Hall–Kier alpha value is -2.55. The van der Waals surface area contributed by atoms with E-state index in [9.17, 15) is 4.79 Å². The lowest BCUT2D eigenvalue weighted by Gasteiger charge is -2.05. The maximum absolute atomic E-state index is 11.9. The molecule has 0 radical (unpaired) electrons. The summed E-state index contributed by atoms with van der Waals surface area (Å²) in [5, 5.41) is 12.9. The zero-order valence-corrected chi connectivity index (χ0v) is 19.2. The van der Waals surface area contributed by atoms with Crippen LogP contribution in [-0.4, -0.2) is 28.1 Å². The molecule has 0 saturated heterocycles. The lowest BCUT2D eigenvalue weighted by atomic mass is 10.0. The van der Waals surface area contributed by atoms with Gasteiger partial charge in [-0.15, -0.1) is 10.2 Å². The topological polar surface area (TPSA) is 89.6 Å². The predicted molar refractivity (Wildman–Crippen MR) is 122 cm³/mol. The molecule has 1 N–H and O–H groups in total. The van der Waals surface area contributed by atoms with Crippen molar-refractivity contribution in [2.45, 2.75) is 31.6 Å². The highest BCUT2D eigenvalue weighted by molar-refractivity contribution is 7.99. The summed E-state index contributed by atoms with van der Waals surface area (Å²) in [7, 11) is 0. The van der Waals surface area contributed by atoms with Crippen LogP contribution >= 0.6 is 35.0 Å². The van der Waals surface area contributed by atoms with Crippen molar-refractivity contribution in [3.05, 3.63) is 69.5 Å². The highest BCUT2D eigenvalue weighted by Gasteiger charge is 2.11. The largest absolute Gasteiger partial charge is 0.482 e. The molecule has 0 aliphatic heterocycles. The standard InChI is InChI=1S/C21H20Cl2N4O3S/c1-13(2)15-5-3-14(4-6-15)10-24-25-19(28)12-31-21-27-26-20(30-21)11-29-18-8-7-16(22)9-17(18)23/h3-10,13H,11-12H2,1-2H3,(H,25,28)/b24-10-. The quantitative estimate of drug-likeness (QED) is 0.254. The van der Waals surface area contributed by atoms with Gasteiger partial charge >= 0.3 is 0 Å². The first-order chi connectivity index (χ1) is 14.9. The van der Waals surface area contributed by atoms with Crippen molar-refractivity contribution in [2.75, 3.05) is 5.75 Å². The van der Waals surface area contributed by atoms with Crippen molar-refractivity contribution >= 4 is 47.1 Å². The second kappa shape index (κ2) is 11.2. The Morgan fingerprint density at radius 2 is 2.00 bits per heavy atom. The molecule has 7 nitrogen and oxygen atoms in total. The van der Waals surface area contributed by atoms with Crippen molar-refractivity contribution in [3.8, 4) is 5.75 Å². The van der Waals surface area contributed by atoms with E-state index in [1.165, 1.54) is 5.56 Å². The molecule has 0 fully saturated rings. The van der Waals surface area contributed by atoms with Crippen molar-refractivity contribution < 1.29 is 13.9 Å². The van der Waals surface area contributed by atoms with Crippen LogP contribution in [0.1, 0.15) is 36.8 Å². The van der Waals surface area contributed by atoms with E-state index >= 15 is 0 Å².